The molecule has 6 heteroatoms. The molecule has 26 heavy (non-hydrogen) atoms. The van der Waals surface area contributed by atoms with E-state index < -0.39 is 0 Å². The average Bonchev–Trinajstić information content (AvgIpc) is 2.64. The van der Waals surface area contributed by atoms with Gasteiger partial charge in [0.05, 0.1) is 10.4 Å². The van der Waals surface area contributed by atoms with Gasteiger partial charge in [-0.05, 0) is 31.0 Å². The zero-order valence-electron chi connectivity index (χ0n) is 14.9. The zero-order valence-corrected chi connectivity index (χ0v) is 14.9. The Labute approximate surface area is 151 Å². The quantitative estimate of drug-likeness (QED) is 0.505. The molecule has 0 N–H and O–H groups in total. The number of fused-ring (bicyclic) bond motifs is 1. The number of hydrogen-bond acceptors (Lipinski definition) is 4. The molecule has 0 aliphatic heterocycles. The number of nitro groups is 1. The summed E-state index contributed by atoms with van der Waals surface area (Å²) in [6, 6.07) is 16.5. The minimum Gasteiger partial charge on any atom is -0.311 e. The van der Waals surface area contributed by atoms with E-state index in [1.165, 1.54) is 6.07 Å². The topological polar surface area (TPSA) is 68.4 Å². The van der Waals surface area contributed by atoms with Crippen molar-refractivity contribution in [3.05, 3.63) is 86.2 Å². The lowest BCUT2D eigenvalue weighted by Crippen LogP contribution is -2.28. The molecule has 0 saturated carbocycles. The number of para-hydroxylation sites is 2. The van der Waals surface area contributed by atoms with Crippen LogP contribution in [0.5, 0.6) is 0 Å². The second-order valence-corrected chi connectivity index (χ2v) is 6.47. The summed E-state index contributed by atoms with van der Waals surface area (Å²) in [5.41, 5.74) is 2.46. The molecule has 0 radical (unpaired) electrons. The first kappa shape index (κ1) is 17.8. The molecule has 3 aromatic rings. The van der Waals surface area contributed by atoms with Crippen LogP contribution in [-0.2, 0) is 20.0 Å². The molecule has 3 rings (SSSR count). The van der Waals surface area contributed by atoms with E-state index in [0.717, 1.165) is 16.5 Å². The standard InChI is InChI=1S/C20H21N3O3/c1-21(12-11-15-7-3-6-10-19(15)23(25)26)14-17-13-16-8-4-5-9-18(16)22(2)20(17)24/h3-10,13H,11-12,14H2,1-2H3. The van der Waals surface area contributed by atoms with Gasteiger partial charge in [-0.3, -0.25) is 14.9 Å². The second-order valence-electron chi connectivity index (χ2n) is 6.47. The summed E-state index contributed by atoms with van der Waals surface area (Å²) in [6.07, 6.45) is 0.557. The van der Waals surface area contributed by atoms with Gasteiger partial charge in [0.15, 0.2) is 0 Å². The van der Waals surface area contributed by atoms with Crippen LogP contribution >= 0.6 is 0 Å². The molecular weight excluding hydrogens is 330 g/mol. The van der Waals surface area contributed by atoms with Crippen molar-refractivity contribution < 1.29 is 4.92 Å². The van der Waals surface area contributed by atoms with Crippen LogP contribution in [0.25, 0.3) is 10.9 Å². The van der Waals surface area contributed by atoms with Crippen LogP contribution in [0.15, 0.2) is 59.4 Å². The Balaban J connectivity index is 1.76. The number of aryl methyl sites for hydroxylation is 1. The van der Waals surface area contributed by atoms with Gasteiger partial charge in [-0.15, -0.1) is 0 Å². The van der Waals surface area contributed by atoms with Crippen LogP contribution in [0.4, 0.5) is 5.69 Å². The Hall–Kier alpha value is -2.99. The molecule has 6 nitrogen and oxygen atoms in total. The van der Waals surface area contributed by atoms with Gasteiger partial charge in [0, 0.05) is 37.3 Å². The summed E-state index contributed by atoms with van der Waals surface area (Å²) in [4.78, 5) is 25.4. The van der Waals surface area contributed by atoms with Crippen LogP contribution in [0.2, 0.25) is 0 Å². The van der Waals surface area contributed by atoms with Gasteiger partial charge < -0.3 is 9.47 Å². The average molecular weight is 351 g/mol. The van der Waals surface area contributed by atoms with Gasteiger partial charge in [0.1, 0.15) is 0 Å². The van der Waals surface area contributed by atoms with Gasteiger partial charge in [0.2, 0.25) is 0 Å². The van der Waals surface area contributed by atoms with Crippen LogP contribution < -0.4 is 5.56 Å². The number of nitrogens with zero attached hydrogens (tertiary/aromatic N) is 3. The Morgan fingerprint density at radius 2 is 1.77 bits per heavy atom. The van der Waals surface area contributed by atoms with E-state index in [0.29, 0.717) is 25.1 Å². The first-order valence-corrected chi connectivity index (χ1v) is 8.46. The summed E-state index contributed by atoms with van der Waals surface area (Å²) >= 11 is 0. The minimum atomic E-state index is -0.353. The molecule has 0 atom stereocenters. The number of pyridine rings is 1. The van der Waals surface area contributed by atoms with E-state index in [2.05, 4.69) is 0 Å². The van der Waals surface area contributed by atoms with Crippen molar-refractivity contribution in [1.82, 2.24) is 9.47 Å². The van der Waals surface area contributed by atoms with E-state index in [-0.39, 0.29) is 16.2 Å². The molecule has 1 heterocycles. The Bertz CT molecular complexity index is 1010. The summed E-state index contributed by atoms with van der Waals surface area (Å²) in [5.74, 6) is 0. The van der Waals surface area contributed by atoms with E-state index in [9.17, 15) is 14.9 Å². The normalized spacial score (nSPS) is 11.2. The fraction of sp³-hybridized carbons (Fsp3) is 0.250. The maximum absolute atomic E-state index is 12.6. The Morgan fingerprint density at radius 3 is 2.54 bits per heavy atom. The SMILES string of the molecule is CN(CCc1ccccc1[N+](=O)[O-])Cc1cc2ccccc2n(C)c1=O. The van der Waals surface area contributed by atoms with Crippen molar-refractivity contribution in [2.24, 2.45) is 7.05 Å². The van der Waals surface area contributed by atoms with Gasteiger partial charge in [0.25, 0.3) is 11.2 Å². The number of rotatable bonds is 6. The predicted octanol–water partition coefficient (Wildman–Crippen LogP) is 3.12. The van der Waals surface area contributed by atoms with Gasteiger partial charge in [-0.1, -0.05) is 36.4 Å². The maximum Gasteiger partial charge on any atom is 0.272 e. The third-order valence-corrected chi connectivity index (χ3v) is 4.60. The van der Waals surface area contributed by atoms with Crippen molar-refractivity contribution in [3.63, 3.8) is 0 Å². The number of aromatic nitrogens is 1. The lowest BCUT2D eigenvalue weighted by Gasteiger charge is -2.17. The molecule has 0 bridgehead atoms. The predicted molar refractivity (Wildman–Crippen MR) is 102 cm³/mol. The van der Waals surface area contributed by atoms with Crippen LogP contribution in [0, 0.1) is 10.1 Å². The highest BCUT2D eigenvalue weighted by atomic mass is 16.6. The number of likely N-dealkylation sites (N-methyl/N-ethyl adjacent to an activating group) is 1. The second kappa shape index (κ2) is 7.49. The monoisotopic (exact) mass is 351 g/mol. The third-order valence-electron chi connectivity index (χ3n) is 4.60. The smallest absolute Gasteiger partial charge is 0.272 e. The highest BCUT2D eigenvalue weighted by molar-refractivity contribution is 5.79. The van der Waals surface area contributed by atoms with Crippen molar-refractivity contribution in [2.45, 2.75) is 13.0 Å². The lowest BCUT2D eigenvalue weighted by molar-refractivity contribution is -0.385. The summed E-state index contributed by atoms with van der Waals surface area (Å²) < 4.78 is 1.67. The summed E-state index contributed by atoms with van der Waals surface area (Å²) in [6.45, 7) is 1.12. The molecule has 0 saturated heterocycles. The highest BCUT2D eigenvalue weighted by Gasteiger charge is 2.14. The van der Waals surface area contributed by atoms with Crippen LogP contribution in [0.3, 0.4) is 0 Å². The molecule has 2 aromatic carbocycles. The van der Waals surface area contributed by atoms with Crippen molar-refractivity contribution in [3.8, 4) is 0 Å². The van der Waals surface area contributed by atoms with Crippen LogP contribution in [0.1, 0.15) is 11.1 Å². The summed E-state index contributed by atoms with van der Waals surface area (Å²) in [5, 5.41) is 12.1. The van der Waals surface area contributed by atoms with E-state index in [4.69, 9.17) is 0 Å². The first-order valence-electron chi connectivity index (χ1n) is 8.46. The molecule has 134 valence electrons. The molecule has 0 amide bonds. The van der Waals surface area contributed by atoms with E-state index >= 15 is 0 Å². The highest BCUT2D eigenvalue weighted by Crippen LogP contribution is 2.18. The number of benzene rings is 2. The largest absolute Gasteiger partial charge is 0.311 e. The number of hydrogen-bond donors (Lipinski definition) is 0. The van der Waals surface area contributed by atoms with E-state index in [1.807, 2.05) is 42.3 Å². The van der Waals surface area contributed by atoms with Crippen molar-refractivity contribution in [2.75, 3.05) is 13.6 Å². The van der Waals surface area contributed by atoms with E-state index in [1.54, 1.807) is 29.8 Å². The molecule has 0 aliphatic rings. The third kappa shape index (κ3) is 3.65. The zero-order chi connectivity index (χ0) is 18.7. The Morgan fingerprint density at radius 1 is 1.08 bits per heavy atom. The molecular formula is C20H21N3O3. The molecule has 0 fully saturated rings. The lowest BCUT2D eigenvalue weighted by atomic mass is 10.1. The Kier molecular flexibility index (Phi) is 5.14. The first-order chi connectivity index (χ1) is 12.5. The van der Waals surface area contributed by atoms with Crippen molar-refractivity contribution in [1.29, 1.82) is 0 Å². The summed E-state index contributed by atoms with van der Waals surface area (Å²) in [7, 11) is 3.70. The maximum atomic E-state index is 12.6. The van der Waals surface area contributed by atoms with Gasteiger partial charge in [-0.2, -0.15) is 0 Å². The fourth-order valence-corrected chi connectivity index (χ4v) is 3.18. The van der Waals surface area contributed by atoms with Crippen LogP contribution in [-0.4, -0.2) is 28.0 Å². The van der Waals surface area contributed by atoms with Gasteiger partial charge in [-0.25, -0.2) is 0 Å². The van der Waals surface area contributed by atoms with Gasteiger partial charge >= 0.3 is 0 Å². The number of nitro benzene ring substituents is 1. The molecule has 0 unspecified atom stereocenters. The molecule has 0 spiro atoms. The minimum absolute atomic E-state index is 0.0127. The van der Waals surface area contributed by atoms with Crippen molar-refractivity contribution >= 4 is 16.6 Å². The molecule has 0 aliphatic carbocycles. The molecule has 1 aromatic heterocycles. The fourth-order valence-electron chi connectivity index (χ4n) is 3.18.